The molecule has 1 aromatic heterocycles. The molecule has 0 saturated heterocycles. The zero-order valence-electron chi connectivity index (χ0n) is 17.9. The molecular weight excluding hydrogens is 384 g/mol. The molecule has 1 aromatic carbocycles. The average molecular weight is 417 g/mol. The SMILES string of the molecule is COc1cccc(NCc2nnc(SCC(=O)C(C)(C)C)n2C2CCCCC2)c1. The Hall–Kier alpha value is -2.02. The molecule has 3 rings (SSSR count). The highest BCUT2D eigenvalue weighted by Crippen LogP contribution is 2.33. The van der Waals surface area contributed by atoms with E-state index in [4.69, 9.17) is 4.74 Å². The monoisotopic (exact) mass is 416 g/mol. The van der Waals surface area contributed by atoms with E-state index < -0.39 is 0 Å². The molecule has 2 aromatic rings. The molecule has 1 aliphatic carbocycles. The maximum Gasteiger partial charge on any atom is 0.191 e. The van der Waals surface area contributed by atoms with E-state index in [1.165, 1.54) is 31.0 Å². The summed E-state index contributed by atoms with van der Waals surface area (Å²) in [5.41, 5.74) is 0.652. The van der Waals surface area contributed by atoms with Crippen LogP contribution >= 0.6 is 11.8 Å². The molecule has 158 valence electrons. The van der Waals surface area contributed by atoms with Gasteiger partial charge in [0.2, 0.25) is 0 Å². The zero-order chi connectivity index (χ0) is 20.9. The molecule has 7 heteroatoms. The Labute approximate surface area is 177 Å². The van der Waals surface area contributed by atoms with Gasteiger partial charge in [0.25, 0.3) is 0 Å². The van der Waals surface area contributed by atoms with Crippen molar-refractivity contribution in [1.29, 1.82) is 0 Å². The third-order valence-corrected chi connectivity index (χ3v) is 6.31. The summed E-state index contributed by atoms with van der Waals surface area (Å²) < 4.78 is 7.57. The lowest BCUT2D eigenvalue weighted by atomic mass is 9.92. The maximum atomic E-state index is 12.4. The number of nitrogens with one attached hydrogen (secondary N) is 1. The number of hydrogen-bond donors (Lipinski definition) is 1. The molecule has 29 heavy (non-hydrogen) atoms. The third-order valence-electron chi connectivity index (χ3n) is 5.36. The van der Waals surface area contributed by atoms with Crippen LogP contribution in [-0.4, -0.2) is 33.4 Å². The number of ketones is 1. The van der Waals surface area contributed by atoms with Crippen LogP contribution in [0.4, 0.5) is 5.69 Å². The minimum atomic E-state index is -0.334. The highest BCUT2D eigenvalue weighted by molar-refractivity contribution is 7.99. The van der Waals surface area contributed by atoms with Crippen molar-refractivity contribution in [3.8, 4) is 5.75 Å². The van der Waals surface area contributed by atoms with Gasteiger partial charge in [0.15, 0.2) is 11.0 Å². The largest absolute Gasteiger partial charge is 0.497 e. The number of thioether (sulfide) groups is 1. The number of methoxy groups -OCH3 is 1. The van der Waals surface area contributed by atoms with Crippen LogP contribution in [0.1, 0.15) is 64.7 Å². The second kappa shape index (κ2) is 9.65. The molecule has 1 aliphatic rings. The molecule has 1 heterocycles. The number of anilines is 1. The maximum absolute atomic E-state index is 12.4. The Kier molecular flexibility index (Phi) is 7.22. The Bertz CT molecular complexity index is 822. The first-order chi connectivity index (χ1) is 13.9. The van der Waals surface area contributed by atoms with E-state index in [-0.39, 0.29) is 11.2 Å². The summed E-state index contributed by atoms with van der Waals surface area (Å²) in [5.74, 6) is 2.40. The standard InChI is InChI=1S/C22H32N4O2S/c1-22(2,3)19(27)15-29-21-25-24-20(26(21)17-10-6-5-7-11-17)14-23-16-9-8-12-18(13-16)28-4/h8-9,12-13,17,23H,5-7,10-11,14-15H2,1-4H3. The predicted molar refractivity (Wildman–Crippen MR) is 118 cm³/mol. The van der Waals surface area contributed by atoms with Crippen LogP contribution in [-0.2, 0) is 11.3 Å². The number of hydrogen-bond acceptors (Lipinski definition) is 6. The lowest BCUT2D eigenvalue weighted by molar-refractivity contribution is -0.123. The predicted octanol–water partition coefficient (Wildman–Crippen LogP) is 5.11. The van der Waals surface area contributed by atoms with Crippen molar-refractivity contribution in [3.63, 3.8) is 0 Å². The van der Waals surface area contributed by atoms with Crippen LogP contribution in [0.25, 0.3) is 0 Å². The highest BCUT2D eigenvalue weighted by atomic mass is 32.2. The molecule has 0 unspecified atom stereocenters. The first-order valence-corrected chi connectivity index (χ1v) is 11.3. The van der Waals surface area contributed by atoms with Gasteiger partial charge in [-0.15, -0.1) is 10.2 Å². The number of carbonyl (C=O) groups excluding carboxylic acids is 1. The van der Waals surface area contributed by atoms with Crippen LogP contribution in [0, 0.1) is 5.41 Å². The fraction of sp³-hybridized carbons (Fsp3) is 0.591. The quantitative estimate of drug-likeness (QED) is 0.603. The van der Waals surface area contributed by atoms with Crippen molar-refractivity contribution in [2.24, 2.45) is 5.41 Å². The van der Waals surface area contributed by atoms with Crippen LogP contribution in [0.15, 0.2) is 29.4 Å². The van der Waals surface area contributed by atoms with Gasteiger partial charge < -0.3 is 14.6 Å². The molecule has 0 spiro atoms. The molecule has 1 N–H and O–H groups in total. The third kappa shape index (κ3) is 5.75. The van der Waals surface area contributed by atoms with Crippen molar-refractivity contribution >= 4 is 23.2 Å². The van der Waals surface area contributed by atoms with E-state index in [0.29, 0.717) is 18.3 Å². The van der Waals surface area contributed by atoms with Crippen LogP contribution in [0.3, 0.4) is 0 Å². The zero-order valence-corrected chi connectivity index (χ0v) is 18.7. The second-order valence-corrected chi connectivity index (χ2v) is 9.55. The van der Waals surface area contributed by atoms with Gasteiger partial charge in [-0.05, 0) is 25.0 Å². The first kappa shape index (κ1) is 21.7. The number of carbonyl (C=O) groups is 1. The Morgan fingerprint density at radius 2 is 2.00 bits per heavy atom. The van der Waals surface area contributed by atoms with Gasteiger partial charge in [-0.1, -0.05) is 57.9 Å². The van der Waals surface area contributed by atoms with Crippen molar-refractivity contribution in [3.05, 3.63) is 30.1 Å². The van der Waals surface area contributed by atoms with Gasteiger partial charge in [0, 0.05) is 23.2 Å². The molecule has 0 radical (unpaired) electrons. The fourth-order valence-electron chi connectivity index (χ4n) is 3.49. The number of Topliss-reactive ketones (excluding diaryl/α,β-unsaturated/α-hetero) is 1. The molecule has 0 atom stereocenters. The summed E-state index contributed by atoms with van der Waals surface area (Å²) >= 11 is 1.52. The smallest absolute Gasteiger partial charge is 0.191 e. The molecule has 1 fully saturated rings. The van der Waals surface area contributed by atoms with E-state index in [0.717, 1.165) is 35.3 Å². The number of rotatable bonds is 8. The van der Waals surface area contributed by atoms with E-state index in [2.05, 4.69) is 20.1 Å². The van der Waals surface area contributed by atoms with Gasteiger partial charge >= 0.3 is 0 Å². The molecule has 0 aliphatic heterocycles. The molecule has 0 bridgehead atoms. The molecule has 1 saturated carbocycles. The van der Waals surface area contributed by atoms with Crippen LogP contribution in [0.5, 0.6) is 5.75 Å². The van der Waals surface area contributed by atoms with Crippen molar-refractivity contribution in [2.45, 2.75) is 70.6 Å². The van der Waals surface area contributed by atoms with E-state index in [1.54, 1.807) is 7.11 Å². The van der Waals surface area contributed by atoms with E-state index >= 15 is 0 Å². The molecular formula is C22H32N4O2S. The van der Waals surface area contributed by atoms with Gasteiger partial charge in [0.1, 0.15) is 11.5 Å². The highest BCUT2D eigenvalue weighted by Gasteiger charge is 2.26. The van der Waals surface area contributed by atoms with Crippen molar-refractivity contribution in [2.75, 3.05) is 18.2 Å². The molecule has 0 amide bonds. The summed E-state index contributed by atoms with van der Waals surface area (Å²) in [7, 11) is 1.67. The van der Waals surface area contributed by atoms with Crippen LogP contribution in [0.2, 0.25) is 0 Å². The Morgan fingerprint density at radius 1 is 1.24 bits per heavy atom. The summed E-state index contributed by atoms with van der Waals surface area (Å²) in [4.78, 5) is 12.4. The lowest BCUT2D eigenvalue weighted by Crippen LogP contribution is -2.23. The topological polar surface area (TPSA) is 69.0 Å². The Morgan fingerprint density at radius 3 is 2.69 bits per heavy atom. The average Bonchev–Trinajstić information content (AvgIpc) is 3.13. The number of nitrogens with zero attached hydrogens (tertiary/aromatic N) is 3. The lowest BCUT2D eigenvalue weighted by Gasteiger charge is -2.26. The van der Waals surface area contributed by atoms with Gasteiger partial charge in [-0.3, -0.25) is 4.79 Å². The molecule has 6 nitrogen and oxygen atoms in total. The number of benzene rings is 1. The summed E-state index contributed by atoms with van der Waals surface area (Å²) in [6.45, 7) is 6.48. The van der Waals surface area contributed by atoms with Gasteiger partial charge in [0.05, 0.1) is 19.4 Å². The minimum Gasteiger partial charge on any atom is -0.497 e. The summed E-state index contributed by atoms with van der Waals surface area (Å²) in [6.07, 6.45) is 6.05. The summed E-state index contributed by atoms with van der Waals surface area (Å²) in [5, 5.41) is 13.2. The number of ether oxygens (including phenoxy) is 1. The van der Waals surface area contributed by atoms with Crippen molar-refractivity contribution < 1.29 is 9.53 Å². The van der Waals surface area contributed by atoms with E-state index in [9.17, 15) is 4.79 Å². The van der Waals surface area contributed by atoms with Crippen LogP contribution < -0.4 is 10.1 Å². The fourth-order valence-corrected chi connectivity index (χ4v) is 4.68. The van der Waals surface area contributed by atoms with E-state index in [1.807, 2.05) is 45.0 Å². The Balaban J connectivity index is 1.76. The van der Waals surface area contributed by atoms with Crippen molar-refractivity contribution in [1.82, 2.24) is 14.8 Å². The van der Waals surface area contributed by atoms with Gasteiger partial charge in [-0.2, -0.15) is 0 Å². The first-order valence-electron chi connectivity index (χ1n) is 10.4. The minimum absolute atomic E-state index is 0.233. The van der Waals surface area contributed by atoms with Gasteiger partial charge in [-0.25, -0.2) is 0 Å². The summed E-state index contributed by atoms with van der Waals surface area (Å²) in [6, 6.07) is 8.29. The number of aromatic nitrogens is 3. The second-order valence-electron chi connectivity index (χ2n) is 8.61. The normalized spacial score (nSPS) is 15.3.